The summed E-state index contributed by atoms with van der Waals surface area (Å²) in [6.07, 6.45) is 8.12. The predicted octanol–water partition coefficient (Wildman–Crippen LogP) is 2.30. The number of nitrogens with one attached hydrogen (secondary N) is 1. The summed E-state index contributed by atoms with van der Waals surface area (Å²) in [6, 6.07) is 0.623. The molecule has 86 valence electrons. The van der Waals surface area contributed by atoms with Crippen molar-refractivity contribution in [3.8, 4) is 0 Å². The molecule has 15 heavy (non-hydrogen) atoms. The Balaban J connectivity index is 2.06. The summed E-state index contributed by atoms with van der Waals surface area (Å²) in [4.78, 5) is 4.02. The first-order chi connectivity index (χ1) is 7.24. The summed E-state index contributed by atoms with van der Waals surface area (Å²) in [5.41, 5.74) is 0. The fourth-order valence-corrected chi connectivity index (χ4v) is 1.57. The highest BCUT2D eigenvalue weighted by Gasteiger charge is 2.07. The van der Waals surface area contributed by atoms with Crippen LogP contribution in [0.25, 0.3) is 0 Å². The lowest BCUT2D eigenvalue weighted by Crippen LogP contribution is -2.32. The van der Waals surface area contributed by atoms with Gasteiger partial charge in [0.2, 0.25) is 0 Å². The third kappa shape index (κ3) is 4.47. The summed E-state index contributed by atoms with van der Waals surface area (Å²) in [5, 5.41) is 3.56. The van der Waals surface area contributed by atoms with E-state index in [1.54, 1.807) is 0 Å². The highest BCUT2D eigenvalue weighted by atomic mass is 15.0. The normalized spacial score (nSPS) is 15.1. The minimum Gasteiger partial charge on any atom is -0.337 e. The van der Waals surface area contributed by atoms with Crippen molar-refractivity contribution in [2.75, 3.05) is 6.54 Å². The van der Waals surface area contributed by atoms with Crippen LogP contribution in [0, 0.1) is 5.92 Å². The number of aryl methyl sites for hydroxylation is 1. The average molecular weight is 209 g/mol. The molecule has 3 nitrogen and oxygen atoms in total. The molecule has 0 aliphatic rings. The van der Waals surface area contributed by atoms with Crippen molar-refractivity contribution in [1.82, 2.24) is 14.9 Å². The number of hydrogen-bond donors (Lipinski definition) is 1. The van der Waals surface area contributed by atoms with E-state index in [0.29, 0.717) is 6.04 Å². The Morgan fingerprint density at radius 2 is 2.20 bits per heavy atom. The number of rotatable bonds is 7. The number of imidazole rings is 1. The third-order valence-electron chi connectivity index (χ3n) is 3.12. The fraction of sp³-hybridized carbons (Fsp3) is 0.750. The minimum absolute atomic E-state index is 0.623. The highest BCUT2D eigenvalue weighted by molar-refractivity contribution is 4.74. The lowest BCUT2D eigenvalue weighted by molar-refractivity contribution is 0.384. The van der Waals surface area contributed by atoms with Gasteiger partial charge >= 0.3 is 0 Å². The van der Waals surface area contributed by atoms with Crippen LogP contribution in [0.15, 0.2) is 18.7 Å². The standard InChI is InChI=1S/C12H23N3/c1-4-11(2)12(3)14-6-5-8-15-9-7-13-10-15/h7,9-12,14H,4-6,8H2,1-3H3/t11-,12+/m0/s1. The van der Waals surface area contributed by atoms with Gasteiger partial charge in [-0.2, -0.15) is 0 Å². The molecule has 1 aromatic rings. The molecule has 0 fully saturated rings. The van der Waals surface area contributed by atoms with Crippen LogP contribution in [-0.4, -0.2) is 22.1 Å². The molecule has 0 saturated carbocycles. The van der Waals surface area contributed by atoms with Crippen molar-refractivity contribution < 1.29 is 0 Å². The van der Waals surface area contributed by atoms with Gasteiger partial charge in [-0.25, -0.2) is 4.98 Å². The lowest BCUT2D eigenvalue weighted by atomic mass is 10.0. The van der Waals surface area contributed by atoms with Crippen molar-refractivity contribution >= 4 is 0 Å². The summed E-state index contributed by atoms with van der Waals surface area (Å²) >= 11 is 0. The van der Waals surface area contributed by atoms with Crippen molar-refractivity contribution in [1.29, 1.82) is 0 Å². The summed E-state index contributed by atoms with van der Waals surface area (Å²) in [5.74, 6) is 0.762. The van der Waals surface area contributed by atoms with E-state index in [-0.39, 0.29) is 0 Å². The molecule has 1 aromatic heterocycles. The molecule has 0 aromatic carbocycles. The molecule has 1 N–H and O–H groups in total. The molecule has 2 atom stereocenters. The first-order valence-corrected chi connectivity index (χ1v) is 5.93. The Bertz CT molecular complexity index is 243. The highest BCUT2D eigenvalue weighted by Crippen LogP contribution is 2.06. The maximum absolute atomic E-state index is 4.02. The molecular weight excluding hydrogens is 186 g/mol. The second-order valence-electron chi connectivity index (χ2n) is 4.28. The molecule has 0 bridgehead atoms. The van der Waals surface area contributed by atoms with Crippen LogP contribution < -0.4 is 5.32 Å². The van der Waals surface area contributed by atoms with E-state index in [9.17, 15) is 0 Å². The molecule has 1 rings (SSSR count). The molecule has 0 unspecified atom stereocenters. The van der Waals surface area contributed by atoms with Crippen molar-refractivity contribution in [2.45, 2.75) is 46.2 Å². The van der Waals surface area contributed by atoms with Crippen LogP contribution in [0.5, 0.6) is 0 Å². The molecule has 0 aliphatic heterocycles. The largest absolute Gasteiger partial charge is 0.337 e. The summed E-state index contributed by atoms with van der Waals surface area (Å²) < 4.78 is 2.12. The van der Waals surface area contributed by atoms with E-state index in [1.807, 2.05) is 18.7 Å². The Morgan fingerprint density at radius 3 is 2.80 bits per heavy atom. The molecule has 3 heteroatoms. The SMILES string of the molecule is CC[C@H](C)[C@@H](C)NCCCn1ccnc1. The molecule has 0 spiro atoms. The van der Waals surface area contributed by atoms with Gasteiger partial charge in [0.15, 0.2) is 0 Å². The van der Waals surface area contributed by atoms with Crippen LogP contribution in [0.3, 0.4) is 0 Å². The molecule has 0 radical (unpaired) electrons. The van der Waals surface area contributed by atoms with Gasteiger partial charge < -0.3 is 9.88 Å². The molecular formula is C12H23N3. The Labute approximate surface area is 92.9 Å². The van der Waals surface area contributed by atoms with Gasteiger partial charge in [0, 0.05) is 25.0 Å². The first kappa shape index (κ1) is 12.2. The number of nitrogens with zero attached hydrogens (tertiary/aromatic N) is 2. The Hall–Kier alpha value is -0.830. The zero-order valence-electron chi connectivity index (χ0n) is 10.1. The smallest absolute Gasteiger partial charge is 0.0945 e. The van der Waals surface area contributed by atoms with Crippen molar-refractivity contribution in [3.05, 3.63) is 18.7 Å². The van der Waals surface area contributed by atoms with Crippen LogP contribution in [0.4, 0.5) is 0 Å². The minimum atomic E-state index is 0.623. The van der Waals surface area contributed by atoms with Crippen molar-refractivity contribution in [3.63, 3.8) is 0 Å². The Morgan fingerprint density at radius 1 is 1.40 bits per heavy atom. The zero-order valence-corrected chi connectivity index (χ0v) is 10.1. The van der Waals surface area contributed by atoms with Crippen LogP contribution in [0.1, 0.15) is 33.6 Å². The molecule has 0 amide bonds. The van der Waals surface area contributed by atoms with Gasteiger partial charge in [-0.05, 0) is 25.8 Å². The fourth-order valence-electron chi connectivity index (χ4n) is 1.57. The third-order valence-corrected chi connectivity index (χ3v) is 3.12. The molecule has 0 aliphatic carbocycles. The van der Waals surface area contributed by atoms with E-state index in [0.717, 1.165) is 25.4 Å². The summed E-state index contributed by atoms with van der Waals surface area (Å²) in [7, 11) is 0. The molecule has 1 heterocycles. The zero-order chi connectivity index (χ0) is 11.1. The predicted molar refractivity (Wildman–Crippen MR) is 63.8 cm³/mol. The Kier molecular flexibility index (Phi) is 5.40. The second kappa shape index (κ2) is 6.62. The van der Waals surface area contributed by atoms with Gasteiger partial charge in [0.05, 0.1) is 6.33 Å². The summed E-state index contributed by atoms with van der Waals surface area (Å²) in [6.45, 7) is 8.96. The maximum atomic E-state index is 4.02. The number of aromatic nitrogens is 2. The van der Waals surface area contributed by atoms with Gasteiger partial charge in [-0.15, -0.1) is 0 Å². The lowest BCUT2D eigenvalue weighted by Gasteiger charge is -2.19. The molecule has 0 saturated heterocycles. The van der Waals surface area contributed by atoms with Gasteiger partial charge in [-0.1, -0.05) is 20.3 Å². The first-order valence-electron chi connectivity index (χ1n) is 5.93. The maximum Gasteiger partial charge on any atom is 0.0945 e. The topological polar surface area (TPSA) is 29.9 Å². The van der Waals surface area contributed by atoms with Crippen LogP contribution in [0.2, 0.25) is 0 Å². The van der Waals surface area contributed by atoms with Gasteiger partial charge in [0.25, 0.3) is 0 Å². The van der Waals surface area contributed by atoms with Gasteiger partial charge in [-0.3, -0.25) is 0 Å². The van der Waals surface area contributed by atoms with E-state index in [1.165, 1.54) is 6.42 Å². The van der Waals surface area contributed by atoms with E-state index in [4.69, 9.17) is 0 Å². The van der Waals surface area contributed by atoms with E-state index in [2.05, 4.69) is 35.6 Å². The van der Waals surface area contributed by atoms with Crippen molar-refractivity contribution in [2.24, 2.45) is 5.92 Å². The van der Waals surface area contributed by atoms with E-state index >= 15 is 0 Å². The van der Waals surface area contributed by atoms with E-state index < -0.39 is 0 Å². The quantitative estimate of drug-likeness (QED) is 0.698. The average Bonchev–Trinajstić information content (AvgIpc) is 2.75. The van der Waals surface area contributed by atoms with Gasteiger partial charge in [0.1, 0.15) is 0 Å². The monoisotopic (exact) mass is 209 g/mol. The van der Waals surface area contributed by atoms with Crippen LogP contribution in [-0.2, 0) is 6.54 Å². The second-order valence-corrected chi connectivity index (χ2v) is 4.28. The van der Waals surface area contributed by atoms with Crippen LogP contribution >= 0.6 is 0 Å². The number of hydrogen-bond acceptors (Lipinski definition) is 2.